The lowest BCUT2D eigenvalue weighted by Crippen LogP contribution is -2.16. The number of rotatable bonds is 5. The number of nitro groups is 1. The maximum atomic E-state index is 12.5. The average molecular weight is 467 g/mol. The Balaban J connectivity index is 1.54. The second-order valence-corrected chi connectivity index (χ2v) is 8.90. The number of nitrogens with zero attached hydrogens (tertiary/aromatic N) is 3. The van der Waals surface area contributed by atoms with Crippen LogP contribution in [0.3, 0.4) is 0 Å². The number of fused-ring (bicyclic) bond motifs is 1. The standard InChI is InChI=1S/C23H19ClN4O3S/c1-13-4-5-18(24)11-20(13)27-14(2)8-17(15(27)3)12-25-26-23(29)22-10-16-9-19(28(30)31)6-7-21(16)32-22/h4-12H,1-3H3,(H,26,29). The van der Waals surface area contributed by atoms with Gasteiger partial charge in [-0.3, -0.25) is 14.9 Å². The van der Waals surface area contributed by atoms with Crippen LogP contribution >= 0.6 is 22.9 Å². The molecule has 32 heavy (non-hydrogen) atoms. The number of hydrogen-bond donors (Lipinski definition) is 1. The van der Waals surface area contributed by atoms with Gasteiger partial charge in [-0.1, -0.05) is 17.7 Å². The summed E-state index contributed by atoms with van der Waals surface area (Å²) in [6.45, 7) is 6.01. The molecule has 4 rings (SSSR count). The van der Waals surface area contributed by atoms with Crippen molar-refractivity contribution in [3.05, 3.63) is 91.1 Å². The SMILES string of the molecule is Cc1ccc(Cl)cc1-n1c(C)cc(C=NNC(=O)c2cc3cc([N+](=O)[O-])ccc3s2)c1C. The molecule has 2 aromatic carbocycles. The second kappa shape index (κ2) is 8.57. The van der Waals surface area contributed by atoms with Crippen molar-refractivity contribution in [3.63, 3.8) is 0 Å². The van der Waals surface area contributed by atoms with Crippen LogP contribution in [0.2, 0.25) is 5.02 Å². The Kier molecular flexibility index (Phi) is 5.82. The smallest absolute Gasteiger partial charge is 0.281 e. The van der Waals surface area contributed by atoms with E-state index in [0.717, 1.165) is 32.9 Å². The highest BCUT2D eigenvalue weighted by atomic mass is 35.5. The number of carbonyl (C=O) groups is 1. The van der Waals surface area contributed by atoms with Crippen LogP contribution in [0.25, 0.3) is 15.8 Å². The van der Waals surface area contributed by atoms with Gasteiger partial charge in [0.05, 0.1) is 16.0 Å². The Labute approximate surface area is 193 Å². The lowest BCUT2D eigenvalue weighted by atomic mass is 10.2. The first kappa shape index (κ1) is 21.7. The van der Waals surface area contributed by atoms with Crippen LogP contribution in [0.4, 0.5) is 5.69 Å². The van der Waals surface area contributed by atoms with Crippen LogP contribution < -0.4 is 5.43 Å². The predicted molar refractivity (Wildman–Crippen MR) is 129 cm³/mol. The quantitative estimate of drug-likeness (QED) is 0.224. The first-order valence-electron chi connectivity index (χ1n) is 9.71. The van der Waals surface area contributed by atoms with Crippen LogP contribution in [0.1, 0.15) is 32.2 Å². The fraction of sp³-hybridized carbons (Fsp3) is 0.130. The Bertz CT molecular complexity index is 1400. The number of aromatic nitrogens is 1. The molecule has 0 aliphatic carbocycles. The third-order valence-corrected chi connectivity index (χ3v) is 6.54. The van der Waals surface area contributed by atoms with E-state index in [-0.39, 0.29) is 11.6 Å². The van der Waals surface area contributed by atoms with E-state index in [2.05, 4.69) is 15.1 Å². The summed E-state index contributed by atoms with van der Waals surface area (Å²) in [5, 5.41) is 16.4. The van der Waals surface area contributed by atoms with Crippen LogP contribution in [-0.2, 0) is 0 Å². The molecule has 0 bridgehead atoms. The maximum absolute atomic E-state index is 12.5. The van der Waals surface area contributed by atoms with Crippen LogP contribution in [-0.4, -0.2) is 21.6 Å². The third kappa shape index (κ3) is 4.15. The van der Waals surface area contributed by atoms with E-state index in [1.165, 1.54) is 23.5 Å². The summed E-state index contributed by atoms with van der Waals surface area (Å²) in [5.41, 5.74) is 7.48. The zero-order chi connectivity index (χ0) is 23.0. The molecule has 4 aromatic rings. The van der Waals surface area contributed by atoms with Gasteiger partial charge in [-0.25, -0.2) is 5.43 Å². The van der Waals surface area contributed by atoms with E-state index >= 15 is 0 Å². The van der Waals surface area contributed by atoms with Gasteiger partial charge in [-0.05, 0) is 56.7 Å². The minimum absolute atomic E-state index is 0.00873. The molecule has 1 N–H and O–H groups in total. The normalized spacial score (nSPS) is 11.4. The molecule has 0 atom stereocenters. The Hall–Kier alpha value is -3.49. The van der Waals surface area contributed by atoms with Gasteiger partial charge < -0.3 is 4.57 Å². The molecular weight excluding hydrogens is 448 g/mol. The van der Waals surface area contributed by atoms with Crippen molar-refractivity contribution in [3.8, 4) is 5.69 Å². The Morgan fingerprint density at radius 3 is 2.69 bits per heavy atom. The zero-order valence-electron chi connectivity index (χ0n) is 17.5. The molecule has 0 spiro atoms. The van der Waals surface area contributed by atoms with Gasteiger partial charge in [0.25, 0.3) is 11.6 Å². The lowest BCUT2D eigenvalue weighted by molar-refractivity contribution is -0.384. The summed E-state index contributed by atoms with van der Waals surface area (Å²) in [6, 6.07) is 13.9. The van der Waals surface area contributed by atoms with E-state index in [1.807, 2.05) is 45.0 Å². The van der Waals surface area contributed by atoms with Crippen molar-refractivity contribution < 1.29 is 9.72 Å². The number of nitro benzene ring substituents is 1. The number of non-ortho nitro benzene ring substituents is 1. The largest absolute Gasteiger partial charge is 0.318 e. The van der Waals surface area contributed by atoms with Crippen molar-refractivity contribution in [2.24, 2.45) is 5.10 Å². The molecule has 162 valence electrons. The van der Waals surface area contributed by atoms with Gasteiger partial charge in [0.2, 0.25) is 0 Å². The summed E-state index contributed by atoms with van der Waals surface area (Å²) in [6.07, 6.45) is 1.61. The maximum Gasteiger partial charge on any atom is 0.281 e. The summed E-state index contributed by atoms with van der Waals surface area (Å²) in [5.74, 6) is -0.371. The number of thiophene rings is 1. The molecule has 0 saturated heterocycles. The van der Waals surface area contributed by atoms with E-state index in [1.54, 1.807) is 18.3 Å². The number of hydrogen-bond acceptors (Lipinski definition) is 5. The molecule has 0 radical (unpaired) electrons. The van der Waals surface area contributed by atoms with Gasteiger partial charge in [-0.15, -0.1) is 11.3 Å². The zero-order valence-corrected chi connectivity index (χ0v) is 19.1. The van der Waals surface area contributed by atoms with Gasteiger partial charge in [0.1, 0.15) is 0 Å². The van der Waals surface area contributed by atoms with Gasteiger partial charge in [-0.2, -0.15) is 5.10 Å². The molecule has 2 aromatic heterocycles. The highest BCUT2D eigenvalue weighted by molar-refractivity contribution is 7.20. The Morgan fingerprint density at radius 1 is 1.16 bits per heavy atom. The minimum Gasteiger partial charge on any atom is -0.318 e. The first-order chi connectivity index (χ1) is 15.2. The highest BCUT2D eigenvalue weighted by Gasteiger charge is 2.14. The second-order valence-electron chi connectivity index (χ2n) is 7.38. The van der Waals surface area contributed by atoms with Gasteiger partial charge >= 0.3 is 0 Å². The van der Waals surface area contributed by atoms with Crippen LogP contribution in [0, 0.1) is 30.9 Å². The number of aryl methyl sites for hydroxylation is 2. The number of carbonyl (C=O) groups excluding carboxylic acids is 1. The first-order valence-corrected chi connectivity index (χ1v) is 10.9. The summed E-state index contributed by atoms with van der Waals surface area (Å²) in [4.78, 5) is 23.4. The summed E-state index contributed by atoms with van der Waals surface area (Å²) >= 11 is 7.45. The lowest BCUT2D eigenvalue weighted by Gasteiger charge is -2.13. The van der Waals surface area contributed by atoms with Crippen LogP contribution in [0.5, 0.6) is 0 Å². The molecule has 1 amide bonds. The third-order valence-electron chi connectivity index (χ3n) is 5.19. The molecule has 7 nitrogen and oxygen atoms in total. The Morgan fingerprint density at radius 2 is 1.94 bits per heavy atom. The molecule has 2 heterocycles. The van der Waals surface area contributed by atoms with E-state index in [9.17, 15) is 14.9 Å². The topological polar surface area (TPSA) is 89.5 Å². The van der Waals surface area contributed by atoms with E-state index in [4.69, 9.17) is 11.6 Å². The number of amides is 1. The van der Waals surface area contributed by atoms with Crippen molar-refractivity contribution >= 4 is 50.8 Å². The predicted octanol–water partition coefficient (Wildman–Crippen LogP) is 5.94. The number of benzene rings is 2. The van der Waals surface area contributed by atoms with E-state index < -0.39 is 4.92 Å². The molecule has 9 heteroatoms. The molecule has 0 fully saturated rings. The minimum atomic E-state index is -0.456. The molecule has 0 aliphatic heterocycles. The monoisotopic (exact) mass is 466 g/mol. The van der Waals surface area contributed by atoms with E-state index in [0.29, 0.717) is 15.3 Å². The summed E-state index contributed by atoms with van der Waals surface area (Å²) < 4.78 is 2.90. The van der Waals surface area contributed by atoms with Crippen molar-refractivity contribution in [2.45, 2.75) is 20.8 Å². The fourth-order valence-electron chi connectivity index (χ4n) is 3.58. The fourth-order valence-corrected chi connectivity index (χ4v) is 4.68. The van der Waals surface area contributed by atoms with Gasteiger partial charge in [0, 0.05) is 49.9 Å². The number of hydrazone groups is 1. The molecule has 0 saturated carbocycles. The van der Waals surface area contributed by atoms with Gasteiger partial charge in [0.15, 0.2) is 0 Å². The highest BCUT2D eigenvalue weighted by Crippen LogP contribution is 2.29. The van der Waals surface area contributed by atoms with Crippen LogP contribution in [0.15, 0.2) is 53.6 Å². The van der Waals surface area contributed by atoms with Crippen molar-refractivity contribution in [1.29, 1.82) is 0 Å². The summed E-state index contributed by atoms with van der Waals surface area (Å²) in [7, 11) is 0. The van der Waals surface area contributed by atoms with Crippen molar-refractivity contribution in [2.75, 3.05) is 0 Å². The molecule has 0 aliphatic rings. The molecular formula is C23H19ClN4O3S. The number of nitrogens with one attached hydrogen (secondary N) is 1. The van der Waals surface area contributed by atoms with Crippen molar-refractivity contribution in [1.82, 2.24) is 9.99 Å². The molecule has 0 unspecified atom stereocenters. The number of halogens is 1. The average Bonchev–Trinajstić information content (AvgIpc) is 3.30.